The molecule has 1 atom stereocenters. The van der Waals surface area contributed by atoms with Crippen LogP contribution in [0.3, 0.4) is 0 Å². The van der Waals surface area contributed by atoms with Crippen LogP contribution in [0.15, 0.2) is 0 Å². The van der Waals surface area contributed by atoms with Crippen LogP contribution in [0.4, 0.5) is 0 Å². The van der Waals surface area contributed by atoms with E-state index in [1.165, 1.54) is 0 Å². The van der Waals surface area contributed by atoms with Crippen molar-refractivity contribution >= 4 is 30.1 Å². The van der Waals surface area contributed by atoms with E-state index < -0.39 is 7.38 Å². The molecule has 44 valence electrons. The smallest absolute Gasteiger partial charge is 0.166 e. The normalized spacial score (nSPS) is 18.9. The van der Waals surface area contributed by atoms with Crippen LogP contribution in [0, 0.1) is 0 Å². The van der Waals surface area contributed by atoms with Crippen molar-refractivity contribution in [2.75, 3.05) is 5.50 Å². The Balaban J connectivity index is 3.36. The summed E-state index contributed by atoms with van der Waals surface area (Å²) in [6.45, 7) is 4.16. The van der Waals surface area contributed by atoms with Gasteiger partial charge in [0, 0.05) is 5.50 Å². The predicted octanol–water partition coefficient (Wildman–Crippen LogP) is 2.60. The fraction of sp³-hybridized carbons (Fsp3) is 1.00. The second kappa shape index (κ2) is 2.95. The maximum atomic E-state index is 5.91. The van der Waals surface area contributed by atoms with Crippen molar-refractivity contribution in [1.82, 2.24) is 0 Å². The molecule has 0 aliphatic carbocycles. The molecule has 0 spiro atoms. The highest BCUT2D eigenvalue weighted by molar-refractivity contribution is 7.21. The first-order valence-electron chi connectivity index (χ1n) is 2.37. The summed E-state index contributed by atoms with van der Waals surface area (Å²) in [6, 6.07) is 1.07. The molecule has 0 N–H and O–H groups in total. The Morgan fingerprint density at radius 2 is 2.00 bits per heavy atom. The molecule has 0 bridgehead atoms. The molecule has 0 amide bonds. The third kappa shape index (κ3) is 3.39. The first-order chi connectivity index (χ1) is 3.12. The maximum Gasteiger partial charge on any atom is 0.167 e. The van der Waals surface area contributed by atoms with Gasteiger partial charge in [0.15, 0.2) is 7.38 Å². The molecule has 0 aromatic carbocycles. The average Bonchev–Trinajstić information content (AvgIpc) is 1.68. The van der Waals surface area contributed by atoms with Crippen LogP contribution < -0.4 is 0 Å². The summed E-state index contributed by atoms with van der Waals surface area (Å²) in [5.74, 6) is 0. The summed E-state index contributed by atoms with van der Waals surface area (Å²) in [6.07, 6.45) is 0. The number of halogens is 2. The van der Waals surface area contributed by atoms with Crippen molar-refractivity contribution in [3.63, 3.8) is 0 Å². The molecular formula is C4H10Cl2Si. The van der Waals surface area contributed by atoms with E-state index in [1.807, 2.05) is 0 Å². The monoisotopic (exact) mass is 156 g/mol. The Morgan fingerprint density at radius 1 is 1.57 bits per heavy atom. The summed E-state index contributed by atoms with van der Waals surface area (Å²) >= 11 is 11.4. The topological polar surface area (TPSA) is 0 Å². The van der Waals surface area contributed by atoms with Crippen molar-refractivity contribution in [2.24, 2.45) is 0 Å². The lowest BCUT2D eigenvalue weighted by Crippen LogP contribution is -2.22. The minimum Gasteiger partial charge on any atom is -0.166 e. The van der Waals surface area contributed by atoms with E-state index in [0.29, 0.717) is 5.50 Å². The fourth-order valence-corrected chi connectivity index (χ4v) is 0.850. The second-order valence-electron chi connectivity index (χ2n) is 1.90. The maximum absolute atomic E-state index is 5.91. The minimum atomic E-state index is -1.41. The highest BCUT2D eigenvalue weighted by Gasteiger charge is 2.19. The molecule has 0 saturated carbocycles. The van der Waals surface area contributed by atoms with Gasteiger partial charge >= 0.3 is 0 Å². The van der Waals surface area contributed by atoms with Crippen LogP contribution in [-0.4, -0.2) is 12.9 Å². The molecule has 7 heavy (non-hydrogen) atoms. The third-order valence-corrected chi connectivity index (χ3v) is 6.43. The second-order valence-corrected chi connectivity index (χ2v) is 9.24. The van der Waals surface area contributed by atoms with E-state index in [4.69, 9.17) is 22.7 Å². The lowest BCUT2D eigenvalue weighted by Gasteiger charge is -2.10. The van der Waals surface area contributed by atoms with Crippen molar-refractivity contribution in [3.05, 3.63) is 0 Å². The lowest BCUT2D eigenvalue weighted by atomic mass is 11.0. The number of rotatable bonds is 2. The molecule has 0 radical (unpaired) electrons. The number of hydrogen-bond acceptors (Lipinski definition) is 0. The highest BCUT2D eigenvalue weighted by atomic mass is 35.6. The zero-order valence-electron chi connectivity index (χ0n) is 4.67. The molecule has 1 unspecified atom stereocenters. The Kier molecular flexibility index (Phi) is 3.29. The molecule has 0 heterocycles. The molecule has 0 saturated heterocycles. The number of hydrogen-bond donors (Lipinski definition) is 0. The van der Waals surface area contributed by atoms with Gasteiger partial charge in [0.05, 0.1) is 0 Å². The summed E-state index contributed by atoms with van der Waals surface area (Å²) in [4.78, 5) is 0. The van der Waals surface area contributed by atoms with E-state index in [-0.39, 0.29) is 0 Å². The zero-order valence-corrected chi connectivity index (χ0v) is 7.18. The van der Waals surface area contributed by atoms with Gasteiger partial charge < -0.3 is 0 Å². The first-order valence-corrected chi connectivity index (χ1v) is 6.83. The molecular weight excluding hydrogens is 147 g/mol. The van der Waals surface area contributed by atoms with Crippen LogP contribution >= 0.6 is 22.7 Å². The van der Waals surface area contributed by atoms with Crippen LogP contribution in [0.25, 0.3) is 0 Å². The van der Waals surface area contributed by atoms with Crippen molar-refractivity contribution in [3.8, 4) is 0 Å². The van der Waals surface area contributed by atoms with E-state index >= 15 is 0 Å². The van der Waals surface area contributed by atoms with Gasteiger partial charge in [0.1, 0.15) is 0 Å². The van der Waals surface area contributed by atoms with Gasteiger partial charge in [0.2, 0.25) is 0 Å². The average molecular weight is 157 g/mol. The Bertz CT molecular complexity index is 47.7. The van der Waals surface area contributed by atoms with Crippen molar-refractivity contribution in [2.45, 2.75) is 19.5 Å². The fourth-order valence-electron chi connectivity index (χ4n) is 0.0945. The largest absolute Gasteiger partial charge is 0.167 e. The Morgan fingerprint density at radius 3 is 2.00 bits per heavy atom. The minimum absolute atomic E-state index is 0.672. The molecule has 0 aromatic heterocycles. The Labute approximate surface area is 55.5 Å². The SMILES string of the molecule is CC[Si](C)(Cl)CCl. The van der Waals surface area contributed by atoms with Crippen LogP contribution in [-0.2, 0) is 0 Å². The first kappa shape index (κ1) is 7.80. The van der Waals surface area contributed by atoms with E-state index in [0.717, 1.165) is 6.04 Å². The highest BCUT2D eigenvalue weighted by Crippen LogP contribution is 2.14. The molecule has 0 aliphatic rings. The van der Waals surface area contributed by atoms with Crippen LogP contribution in [0.1, 0.15) is 6.92 Å². The summed E-state index contributed by atoms with van der Waals surface area (Å²) in [7, 11) is -1.41. The molecule has 0 aromatic rings. The molecule has 0 fully saturated rings. The van der Waals surface area contributed by atoms with E-state index in [9.17, 15) is 0 Å². The molecule has 0 rings (SSSR count). The predicted molar refractivity (Wildman–Crippen MR) is 38.7 cm³/mol. The summed E-state index contributed by atoms with van der Waals surface area (Å²) in [5, 5.41) is 0. The number of alkyl halides is 1. The summed E-state index contributed by atoms with van der Waals surface area (Å²) in [5.41, 5.74) is 0.672. The van der Waals surface area contributed by atoms with Gasteiger partial charge in [-0.1, -0.05) is 13.5 Å². The lowest BCUT2D eigenvalue weighted by molar-refractivity contribution is 1.39. The third-order valence-electron chi connectivity index (χ3n) is 1.02. The standard InChI is InChI=1S/C4H10Cl2Si/c1-3-7(2,6)4-5/h3-4H2,1-2H3. The van der Waals surface area contributed by atoms with Gasteiger partial charge in [0.25, 0.3) is 0 Å². The van der Waals surface area contributed by atoms with Gasteiger partial charge in [-0.25, -0.2) is 0 Å². The van der Waals surface area contributed by atoms with Crippen molar-refractivity contribution < 1.29 is 0 Å². The Hall–Kier alpha value is 0.797. The van der Waals surface area contributed by atoms with E-state index in [2.05, 4.69) is 13.5 Å². The van der Waals surface area contributed by atoms with Crippen molar-refractivity contribution in [1.29, 1.82) is 0 Å². The van der Waals surface area contributed by atoms with Crippen LogP contribution in [0.5, 0.6) is 0 Å². The zero-order chi connectivity index (χ0) is 5.91. The van der Waals surface area contributed by atoms with E-state index in [1.54, 1.807) is 0 Å². The van der Waals surface area contributed by atoms with Gasteiger partial charge in [-0.3, -0.25) is 0 Å². The van der Waals surface area contributed by atoms with Gasteiger partial charge in [-0.05, 0) is 6.04 Å². The molecule has 3 heteroatoms. The molecule has 0 nitrogen and oxygen atoms in total. The summed E-state index contributed by atoms with van der Waals surface area (Å²) < 4.78 is 0. The van der Waals surface area contributed by atoms with Gasteiger partial charge in [-0.2, -0.15) is 11.1 Å². The van der Waals surface area contributed by atoms with Gasteiger partial charge in [-0.15, -0.1) is 11.6 Å². The van der Waals surface area contributed by atoms with Crippen LogP contribution in [0.2, 0.25) is 12.6 Å². The quantitative estimate of drug-likeness (QED) is 0.328. The molecule has 0 aliphatic heterocycles.